The molecule has 2 aromatic rings. The normalized spacial score (nSPS) is 16.3. The van der Waals surface area contributed by atoms with Crippen molar-refractivity contribution in [2.75, 3.05) is 46.7 Å². The van der Waals surface area contributed by atoms with Crippen LogP contribution in [0.15, 0.2) is 24.3 Å². The third kappa shape index (κ3) is 4.71. The summed E-state index contributed by atoms with van der Waals surface area (Å²) in [4.78, 5) is 18.3. The lowest BCUT2D eigenvalue weighted by Crippen LogP contribution is -2.35. The van der Waals surface area contributed by atoms with Gasteiger partial charge in [-0.2, -0.15) is 15.0 Å². The molecular formula is C18H23ClN8S. The first kappa shape index (κ1) is 18.9. The molecule has 0 amide bonds. The maximum absolute atomic E-state index is 5.91. The van der Waals surface area contributed by atoms with Gasteiger partial charge in [0.05, 0.1) is 0 Å². The predicted molar refractivity (Wildman–Crippen MR) is 117 cm³/mol. The van der Waals surface area contributed by atoms with E-state index in [1.165, 1.54) is 25.7 Å². The maximum atomic E-state index is 5.91. The van der Waals surface area contributed by atoms with Crippen molar-refractivity contribution in [1.82, 2.24) is 20.4 Å². The van der Waals surface area contributed by atoms with Crippen LogP contribution in [0.1, 0.15) is 25.7 Å². The standard InChI is InChI=1S/C18H23ClN8S/c19-13-5-7-14(8-6-13)20-18(28)25-24-15-21-16(26-9-1-2-10-26)23-17(22-15)27-11-3-4-12-27/h5-8H,1-4,9-12H2,(H2,20,25,28)(H,21,22,23,24). The molecule has 2 aliphatic heterocycles. The maximum Gasteiger partial charge on any atom is 0.248 e. The second-order valence-electron chi connectivity index (χ2n) is 6.86. The lowest BCUT2D eigenvalue weighted by molar-refractivity contribution is 0.834. The molecule has 0 unspecified atom stereocenters. The van der Waals surface area contributed by atoms with E-state index in [1.807, 2.05) is 12.1 Å². The summed E-state index contributed by atoms with van der Waals surface area (Å²) in [6.07, 6.45) is 4.67. The number of hydrogen-bond donors (Lipinski definition) is 3. The number of hydrazine groups is 1. The summed E-state index contributed by atoms with van der Waals surface area (Å²) < 4.78 is 0. The average Bonchev–Trinajstić information content (AvgIpc) is 3.42. The number of hydrogen-bond acceptors (Lipinski definition) is 7. The Kier molecular flexibility index (Phi) is 5.92. The van der Waals surface area contributed by atoms with E-state index >= 15 is 0 Å². The Morgan fingerprint density at radius 3 is 1.93 bits per heavy atom. The molecule has 148 valence electrons. The summed E-state index contributed by atoms with van der Waals surface area (Å²) in [6.45, 7) is 3.92. The molecule has 10 heteroatoms. The molecule has 3 heterocycles. The second-order valence-corrected chi connectivity index (χ2v) is 7.70. The lowest BCUT2D eigenvalue weighted by atomic mass is 10.3. The molecule has 28 heavy (non-hydrogen) atoms. The zero-order valence-corrected chi connectivity index (χ0v) is 17.1. The molecule has 0 saturated carbocycles. The van der Waals surface area contributed by atoms with Gasteiger partial charge in [-0.05, 0) is 62.2 Å². The minimum atomic E-state index is 0.410. The van der Waals surface area contributed by atoms with E-state index in [-0.39, 0.29) is 0 Å². The van der Waals surface area contributed by atoms with Crippen LogP contribution in [0, 0.1) is 0 Å². The van der Waals surface area contributed by atoms with Gasteiger partial charge < -0.3 is 15.1 Å². The molecule has 3 N–H and O–H groups in total. The Labute approximate surface area is 174 Å². The largest absolute Gasteiger partial charge is 0.341 e. The average molecular weight is 419 g/mol. The van der Waals surface area contributed by atoms with E-state index < -0.39 is 0 Å². The topological polar surface area (TPSA) is 81.2 Å². The van der Waals surface area contributed by atoms with Gasteiger partial charge in [-0.15, -0.1) is 0 Å². The zero-order valence-electron chi connectivity index (χ0n) is 15.5. The first-order valence-corrected chi connectivity index (χ1v) is 10.3. The first-order chi connectivity index (χ1) is 13.7. The monoisotopic (exact) mass is 418 g/mol. The highest BCUT2D eigenvalue weighted by Gasteiger charge is 2.21. The van der Waals surface area contributed by atoms with Crippen LogP contribution in [0.25, 0.3) is 0 Å². The summed E-state index contributed by atoms with van der Waals surface area (Å²) in [5.41, 5.74) is 6.80. The summed E-state index contributed by atoms with van der Waals surface area (Å²) in [5.74, 6) is 1.89. The Bertz CT molecular complexity index is 785. The fourth-order valence-electron chi connectivity index (χ4n) is 3.34. The van der Waals surface area contributed by atoms with Crippen molar-refractivity contribution >= 4 is 52.5 Å². The number of thiocarbonyl (C=S) groups is 1. The van der Waals surface area contributed by atoms with Crippen LogP contribution in [0.3, 0.4) is 0 Å². The van der Waals surface area contributed by atoms with Crippen molar-refractivity contribution in [3.63, 3.8) is 0 Å². The van der Waals surface area contributed by atoms with Gasteiger partial charge in [0.15, 0.2) is 5.11 Å². The fourth-order valence-corrected chi connectivity index (χ4v) is 3.63. The summed E-state index contributed by atoms with van der Waals surface area (Å²) in [5, 5.41) is 4.17. The number of rotatable bonds is 5. The van der Waals surface area contributed by atoms with Crippen molar-refractivity contribution in [1.29, 1.82) is 0 Å². The van der Waals surface area contributed by atoms with E-state index in [4.69, 9.17) is 28.8 Å². The fraction of sp³-hybridized carbons (Fsp3) is 0.444. The molecule has 0 atom stereocenters. The minimum absolute atomic E-state index is 0.410. The molecule has 0 radical (unpaired) electrons. The molecule has 8 nitrogen and oxygen atoms in total. The molecule has 2 aliphatic rings. The summed E-state index contributed by atoms with van der Waals surface area (Å²) >= 11 is 11.2. The van der Waals surface area contributed by atoms with E-state index in [0.29, 0.717) is 16.1 Å². The number of anilines is 4. The van der Waals surface area contributed by atoms with Crippen molar-refractivity contribution in [2.45, 2.75) is 25.7 Å². The number of nitrogens with one attached hydrogen (secondary N) is 3. The van der Waals surface area contributed by atoms with Crippen molar-refractivity contribution in [2.24, 2.45) is 0 Å². The SMILES string of the molecule is S=C(NNc1nc(N2CCCC2)nc(N2CCCC2)n1)Nc1ccc(Cl)cc1. The third-order valence-electron chi connectivity index (χ3n) is 4.78. The highest BCUT2D eigenvalue weighted by atomic mass is 35.5. The Balaban J connectivity index is 1.44. The van der Waals surface area contributed by atoms with E-state index in [9.17, 15) is 0 Å². The van der Waals surface area contributed by atoms with Gasteiger partial charge >= 0.3 is 0 Å². The lowest BCUT2D eigenvalue weighted by Gasteiger charge is -2.21. The second kappa shape index (κ2) is 8.74. The molecule has 0 bridgehead atoms. The number of nitrogens with zero attached hydrogens (tertiary/aromatic N) is 5. The van der Waals surface area contributed by atoms with Crippen LogP contribution in [0.2, 0.25) is 5.02 Å². The van der Waals surface area contributed by atoms with E-state index in [1.54, 1.807) is 12.1 Å². The van der Waals surface area contributed by atoms with Crippen LogP contribution in [0.5, 0.6) is 0 Å². The van der Waals surface area contributed by atoms with Gasteiger partial charge in [0.1, 0.15) is 0 Å². The van der Waals surface area contributed by atoms with Gasteiger partial charge in [-0.3, -0.25) is 10.9 Å². The van der Waals surface area contributed by atoms with Crippen molar-refractivity contribution in [3.8, 4) is 0 Å². The van der Waals surface area contributed by atoms with Gasteiger partial charge in [0.25, 0.3) is 0 Å². The first-order valence-electron chi connectivity index (χ1n) is 9.52. The highest BCUT2D eigenvalue weighted by molar-refractivity contribution is 7.80. The molecule has 2 saturated heterocycles. The van der Waals surface area contributed by atoms with Crippen LogP contribution in [0.4, 0.5) is 23.5 Å². The van der Waals surface area contributed by atoms with Gasteiger partial charge in [0.2, 0.25) is 17.8 Å². The van der Waals surface area contributed by atoms with Gasteiger partial charge in [0, 0.05) is 36.9 Å². The Hall–Kier alpha value is -2.39. The van der Waals surface area contributed by atoms with Crippen molar-refractivity contribution in [3.05, 3.63) is 29.3 Å². The number of aromatic nitrogens is 3. The van der Waals surface area contributed by atoms with Crippen LogP contribution in [-0.2, 0) is 0 Å². The van der Waals surface area contributed by atoms with Gasteiger partial charge in [-0.1, -0.05) is 11.6 Å². The molecule has 0 aliphatic carbocycles. The number of benzene rings is 1. The smallest absolute Gasteiger partial charge is 0.248 e. The molecule has 1 aromatic carbocycles. The van der Waals surface area contributed by atoms with E-state index in [0.717, 1.165) is 43.8 Å². The minimum Gasteiger partial charge on any atom is -0.341 e. The zero-order chi connectivity index (χ0) is 19.3. The van der Waals surface area contributed by atoms with E-state index in [2.05, 4.69) is 35.9 Å². The highest BCUT2D eigenvalue weighted by Crippen LogP contribution is 2.22. The summed E-state index contributed by atoms with van der Waals surface area (Å²) in [6, 6.07) is 7.32. The number of halogens is 1. The van der Waals surface area contributed by atoms with Crippen LogP contribution in [-0.4, -0.2) is 46.2 Å². The van der Waals surface area contributed by atoms with Gasteiger partial charge in [-0.25, -0.2) is 0 Å². The molecule has 4 rings (SSSR count). The quantitative estimate of drug-likeness (QED) is 0.501. The molecular weight excluding hydrogens is 396 g/mol. The predicted octanol–water partition coefficient (Wildman–Crippen LogP) is 3.04. The van der Waals surface area contributed by atoms with Crippen LogP contribution >= 0.6 is 23.8 Å². The molecule has 0 spiro atoms. The van der Waals surface area contributed by atoms with Crippen molar-refractivity contribution < 1.29 is 0 Å². The Morgan fingerprint density at radius 2 is 1.39 bits per heavy atom. The summed E-state index contributed by atoms with van der Waals surface area (Å²) in [7, 11) is 0. The van der Waals surface area contributed by atoms with Crippen LogP contribution < -0.4 is 26.0 Å². The molecule has 1 aromatic heterocycles. The third-order valence-corrected chi connectivity index (χ3v) is 5.24. The molecule has 2 fully saturated rings. The Morgan fingerprint density at radius 1 is 0.857 bits per heavy atom.